The third-order valence-corrected chi connectivity index (χ3v) is 3.64. The van der Waals surface area contributed by atoms with Gasteiger partial charge in [0, 0.05) is 29.0 Å². The average molecular weight is 253 g/mol. The van der Waals surface area contributed by atoms with E-state index < -0.39 is 0 Å². The van der Waals surface area contributed by atoms with Crippen LogP contribution in [0.1, 0.15) is 5.56 Å². The molecular weight excluding hydrogens is 240 g/mol. The van der Waals surface area contributed by atoms with Crippen LogP contribution in [0.2, 0.25) is 5.15 Å². The number of benzene rings is 1. The second-order valence-electron chi connectivity index (χ2n) is 3.47. The standard InChI is InChI=1S/C12H13ClN2S/c13-12-10(8-16-6-5-14)7-9-3-1-2-4-11(9)15-12/h1-4,7H,5-6,8,14H2. The number of hydrogen-bond acceptors (Lipinski definition) is 3. The molecule has 0 atom stereocenters. The predicted molar refractivity (Wildman–Crippen MR) is 72.0 cm³/mol. The minimum Gasteiger partial charge on any atom is -0.330 e. The van der Waals surface area contributed by atoms with Gasteiger partial charge in [-0.25, -0.2) is 4.98 Å². The van der Waals surface area contributed by atoms with Crippen LogP contribution in [0.4, 0.5) is 0 Å². The number of fused-ring (bicyclic) bond motifs is 1. The van der Waals surface area contributed by atoms with Crippen LogP contribution < -0.4 is 5.73 Å². The van der Waals surface area contributed by atoms with Crippen LogP contribution in [0.5, 0.6) is 0 Å². The van der Waals surface area contributed by atoms with Gasteiger partial charge in [-0.3, -0.25) is 0 Å². The van der Waals surface area contributed by atoms with Gasteiger partial charge < -0.3 is 5.73 Å². The van der Waals surface area contributed by atoms with Gasteiger partial charge in [0.1, 0.15) is 5.15 Å². The highest BCUT2D eigenvalue weighted by Gasteiger charge is 2.04. The van der Waals surface area contributed by atoms with E-state index in [1.165, 1.54) is 0 Å². The monoisotopic (exact) mass is 252 g/mol. The first kappa shape index (κ1) is 11.7. The van der Waals surface area contributed by atoms with Crippen molar-refractivity contribution in [3.63, 3.8) is 0 Å². The lowest BCUT2D eigenvalue weighted by atomic mass is 10.2. The molecule has 2 N–H and O–H groups in total. The molecule has 4 heteroatoms. The maximum Gasteiger partial charge on any atom is 0.133 e. The van der Waals surface area contributed by atoms with Gasteiger partial charge in [-0.05, 0) is 12.1 Å². The molecule has 0 spiro atoms. The van der Waals surface area contributed by atoms with Crippen molar-refractivity contribution in [1.29, 1.82) is 0 Å². The minimum absolute atomic E-state index is 0.600. The number of nitrogens with zero attached hydrogens (tertiary/aromatic N) is 1. The van der Waals surface area contributed by atoms with E-state index in [1.807, 2.05) is 18.2 Å². The van der Waals surface area contributed by atoms with Crippen molar-refractivity contribution in [2.45, 2.75) is 5.75 Å². The smallest absolute Gasteiger partial charge is 0.133 e. The highest BCUT2D eigenvalue weighted by molar-refractivity contribution is 7.98. The third-order valence-electron chi connectivity index (χ3n) is 2.27. The van der Waals surface area contributed by atoms with Crippen LogP contribution in [0.15, 0.2) is 30.3 Å². The summed E-state index contributed by atoms with van der Waals surface area (Å²) in [5, 5.41) is 1.73. The average Bonchev–Trinajstić information content (AvgIpc) is 2.30. The van der Waals surface area contributed by atoms with Crippen molar-refractivity contribution in [1.82, 2.24) is 4.98 Å². The number of nitrogens with two attached hydrogens (primary N) is 1. The van der Waals surface area contributed by atoms with E-state index in [-0.39, 0.29) is 0 Å². The van der Waals surface area contributed by atoms with E-state index in [0.717, 1.165) is 28.0 Å². The molecule has 1 heterocycles. The predicted octanol–water partition coefficient (Wildman–Crippen LogP) is 3.08. The topological polar surface area (TPSA) is 38.9 Å². The molecule has 0 aliphatic carbocycles. The van der Waals surface area contributed by atoms with Crippen molar-refractivity contribution in [3.05, 3.63) is 41.0 Å². The molecule has 84 valence electrons. The van der Waals surface area contributed by atoms with Crippen molar-refractivity contribution in [2.24, 2.45) is 5.73 Å². The summed E-state index contributed by atoms with van der Waals surface area (Å²) in [6, 6.07) is 10.1. The summed E-state index contributed by atoms with van der Waals surface area (Å²) in [5.41, 5.74) is 7.48. The van der Waals surface area contributed by atoms with Crippen molar-refractivity contribution < 1.29 is 0 Å². The van der Waals surface area contributed by atoms with E-state index >= 15 is 0 Å². The quantitative estimate of drug-likeness (QED) is 0.671. The molecule has 16 heavy (non-hydrogen) atoms. The molecule has 0 amide bonds. The third kappa shape index (κ3) is 2.67. The lowest BCUT2D eigenvalue weighted by molar-refractivity contribution is 1.15. The largest absolute Gasteiger partial charge is 0.330 e. The first-order valence-corrected chi connectivity index (χ1v) is 6.66. The highest BCUT2D eigenvalue weighted by atomic mass is 35.5. The van der Waals surface area contributed by atoms with Gasteiger partial charge in [-0.1, -0.05) is 29.8 Å². The molecule has 0 saturated heterocycles. The summed E-state index contributed by atoms with van der Waals surface area (Å²) in [6.07, 6.45) is 0. The van der Waals surface area contributed by atoms with E-state index in [2.05, 4.69) is 17.1 Å². The number of rotatable bonds is 4. The molecule has 0 fully saturated rings. The first-order chi connectivity index (χ1) is 7.81. The second-order valence-corrected chi connectivity index (χ2v) is 4.94. The Balaban J connectivity index is 2.27. The Morgan fingerprint density at radius 2 is 2.12 bits per heavy atom. The SMILES string of the molecule is NCCSCc1cc2ccccc2nc1Cl. The summed E-state index contributed by atoms with van der Waals surface area (Å²) < 4.78 is 0. The minimum atomic E-state index is 0.600. The van der Waals surface area contributed by atoms with Gasteiger partial charge >= 0.3 is 0 Å². The zero-order valence-electron chi connectivity index (χ0n) is 8.82. The molecule has 0 bridgehead atoms. The van der Waals surface area contributed by atoms with E-state index in [1.54, 1.807) is 11.8 Å². The summed E-state index contributed by atoms with van der Waals surface area (Å²) in [7, 11) is 0. The van der Waals surface area contributed by atoms with Gasteiger partial charge in [0.25, 0.3) is 0 Å². The lowest BCUT2D eigenvalue weighted by Crippen LogP contribution is -2.01. The molecule has 0 aliphatic rings. The Hall–Kier alpha value is -0.770. The van der Waals surface area contributed by atoms with Crippen molar-refractivity contribution in [2.75, 3.05) is 12.3 Å². The summed E-state index contributed by atoms with van der Waals surface area (Å²) in [4.78, 5) is 4.38. The summed E-state index contributed by atoms with van der Waals surface area (Å²) in [5.74, 6) is 1.82. The van der Waals surface area contributed by atoms with Crippen LogP contribution in [-0.2, 0) is 5.75 Å². The van der Waals surface area contributed by atoms with Gasteiger partial charge in [-0.15, -0.1) is 0 Å². The fourth-order valence-electron chi connectivity index (χ4n) is 1.50. The maximum atomic E-state index is 6.13. The molecule has 0 saturated carbocycles. The Kier molecular flexibility index (Phi) is 4.04. The molecule has 2 aromatic rings. The van der Waals surface area contributed by atoms with Gasteiger partial charge in [0.05, 0.1) is 5.52 Å². The molecule has 2 nitrogen and oxygen atoms in total. The fourth-order valence-corrected chi connectivity index (χ4v) is 2.55. The van der Waals surface area contributed by atoms with Crippen LogP contribution in [0.25, 0.3) is 10.9 Å². The summed E-state index contributed by atoms with van der Waals surface area (Å²) in [6.45, 7) is 0.698. The number of para-hydroxylation sites is 1. The van der Waals surface area contributed by atoms with Crippen molar-refractivity contribution >= 4 is 34.3 Å². The van der Waals surface area contributed by atoms with Crippen LogP contribution in [0, 0.1) is 0 Å². The Morgan fingerprint density at radius 3 is 2.94 bits per heavy atom. The van der Waals surface area contributed by atoms with E-state index in [0.29, 0.717) is 11.7 Å². The van der Waals surface area contributed by atoms with Crippen LogP contribution in [-0.4, -0.2) is 17.3 Å². The molecule has 1 aromatic heterocycles. The van der Waals surface area contributed by atoms with E-state index in [4.69, 9.17) is 17.3 Å². The van der Waals surface area contributed by atoms with Gasteiger partial charge in [0.15, 0.2) is 0 Å². The highest BCUT2D eigenvalue weighted by Crippen LogP contribution is 2.23. The molecule has 0 aliphatic heterocycles. The number of thioether (sulfide) groups is 1. The normalized spacial score (nSPS) is 10.9. The molecule has 1 aromatic carbocycles. The lowest BCUT2D eigenvalue weighted by Gasteiger charge is -2.05. The van der Waals surface area contributed by atoms with Crippen LogP contribution in [0.3, 0.4) is 0 Å². The Labute approximate surface area is 104 Å². The molecule has 0 radical (unpaired) electrons. The van der Waals surface area contributed by atoms with Crippen molar-refractivity contribution in [3.8, 4) is 0 Å². The van der Waals surface area contributed by atoms with Gasteiger partial charge in [0.2, 0.25) is 0 Å². The number of aromatic nitrogens is 1. The maximum absolute atomic E-state index is 6.13. The van der Waals surface area contributed by atoms with E-state index in [9.17, 15) is 0 Å². The second kappa shape index (κ2) is 5.53. The summed E-state index contributed by atoms with van der Waals surface area (Å²) >= 11 is 7.91. The Bertz CT molecular complexity index is 487. The molecular formula is C12H13ClN2S. The van der Waals surface area contributed by atoms with Gasteiger partial charge in [-0.2, -0.15) is 11.8 Å². The molecule has 0 unspecified atom stereocenters. The zero-order valence-corrected chi connectivity index (χ0v) is 10.4. The Morgan fingerprint density at radius 1 is 1.31 bits per heavy atom. The fraction of sp³-hybridized carbons (Fsp3) is 0.250. The zero-order chi connectivity index (χ0) is 11.4. The number of halogens is 1. The molecule has 2 rings (SSSR count). The number of hydrogen-bond donors (Lipinski definition) is 1. The first-order valence-electron chi connectivity index (χ1n) is 5.13. The number of pyridine rings is 1. The van der Waals surface area contributed by atoms with Crippen LogP contribution >= 0.6 is 23.4 Å².